The number of hydrogen-bond donors (Lipinski definition) is 2. The molecule has 0 aliphatic heterocycles. The maximum Gasteiger partial charge on any atom is 0.234 e. The summed E-state index contributed by atoms with van der Waals surface area (Å²) in [6.07, 6.45) is 3.48. The summed E-state index contributed by atoms with van der Waals surface area (Å²) < 4.78 is 1.08. The summed E-state index contributed by atoms with van der Waals surface area (Å²) in [5, 5.41) is 6.23. The standard InChI is InChI=1S/C15H21BrN2O.ClH/c1-11(7-13-3-2-4-14(16)8-13)18-15(19)10-17-9-12-5-6-12;/h2-4,8,11-12,17H,5-7,9-10H2,1H3,(H,18,19);1H. The second-order valence-corrected chi connectivity index (χ2v) is 6.29. The summed E-state index contributed by atoms with van der Waals surface area (Å²) in [6, 6.07) is 8.36. The Kier molecular flexibility index (Phi) is 7.56. The molecule has 0 bridgehead atoms. The summed E-state index contributed by atoms with van der Waals surface area (Å²) in [6.45, 7) is 3.45. The van der Waals surface area contributed by atoms with E-state index in [-0.39, 0.29) is 24.4 Å². The van der Waals surface area contributed by atoms with Crippen molar-refractivity contribution in [2.24, 2.45) is 5.92 Å². The normalized spacial score (nSPS) is 15.3. The average Bonchev–Trinajstić information content (AvgIpc) is 3.12. The first-order chi connectivity index (χ1) is 9.13. The Morgan fingerprint density at radius 2 is 2.20 bits per heavy atom. The third-order valence-electron chi connectivity index (χ3n) is 3.25. The molecule has 0 radical (unpaired) electrons. The van der Waals surface area contributed by atoms with E-state index in [2.05, 4.69) is 38.7 Å². The Bertz CT molecular complexity index is 438. The maximum absolute atomic E-state index is 11.7. The van der Waals surface area contributed by atoms with Crippen LogP contribution in [0.25, 0.3) is 0 Å². The number of nitrogens with one attached hydrogen (secondary N) is 2. The molecular formula is C15H22BrClN2O. The monoisotopic (exact) mass is 360 g/mol. The summed E-state index contributed by atoms with van der Waals surface area (Å²) in [7, 11) is 0. The van der Waals surface area contributed by atoms with Gasteiger partial charge in [-0.05, 0) is 56.3 Å². The third kappa shape index (κ3) is 6.73. The summed E-state index contributed by atoms with van der Waals surface area (Å²) in [5.41, 5.74) is 1.23. The topological polar surface area (TPSA) is 41.1 Å². The predicted octanol–water partition coefficient (Wildman–Crippen LogP) is 2.92. The number of benzene rings is 1. The van der Waals surface area contributed by atoms with E-state index in [0.717, 1.165) is 23.4 Å². The van der Waals surface area contributed by atoms with Gasteiger partial charge in [-0.2, -0.15) is 0 Å². The molecule has 1 atom stereocenters. The van der Waals surface area contributed by atoms with Crippen LogP contribution in [0.15, 0.2) is 28.7 Å². The van der Waals surface area contributed by atoms with E-state index >= 15 is 0 Å². The number of hydrogen-bond acceptors (Lipinski definition) is 2. The van der Waals surface area contributed by atoms with E-state index in [9.17, 15) is 4.79 Å². The summed E-state index contributed by atoms with van der Waals surface area (Å²) in [4.78, 5) is 11.7. The van der Waals surface area contributed by atoms with Crippen molar-refractivity contribution in [2.75, 3.05) is 13.1 Å². The zero-order valence-electron chi connectivity index (χ0n) is 11.7. The highest BCUT2D eigenvalue weighted by molar-refractivity contribution is 9.10. The minimum absolute atomic E-state index is 0. The van der Waals surface area contributed by atoms with Crippen LogP contribution in [0.1, 0.15) is 25.3 Å². The molecule has 0 heterocycles. The van der Waals surface area contributed by atoms with Crippen molar-refractivity contribution in [1.82, 2.24) is 10.6 Å². The van der Waals surface area contributed by atoms with Crippen LogP contribution >= 0.6 is 28.3 Å². The van der Waals surface area contributed by atoms with E-state index < -0.39 is 0 Å². The maximum atomic E-state index is 11.7. The van der Waals surface area contributed by atoms with Gasteiger partial charge in [0.05, 0.1) is 6.54 Å². The van der Waals surface area contributed by atoms with E-state index in [1.54, 1.807) is 0 Å². The molecule has 0 saturated heterocycles. The van der Waals surface area contributed by atoms with Crippen molar-refractivity contribution in [3.63, 3.8) is 0 Å². The van der Waals surface area contributed by atoms with Crippen molar-refractivity contribution in [1.29, 1.82) is 0 Å². The van der Waals surface area contributed by atoms with Gasteiger partial charge in [0.15, 0.2) is 0 Å². The summed E-state index contributed by atoms with van der Waals surface area (Å²) >= 11 is 3.46. The third-order valence-corrected chi connectivity index (χ3v) is 3.75. The highest BCUT2D eigenvalue weighted by atomic mass is 79.9. The lowest BCUT2D eigenvalue weighted by molar-refractivity contribution is -0.120. The molecule has 1 aliphatic rings. The van der Waals surface area contributed by atoms with Gasteiger partial charge in [-0.15, -0.1) is 12.4 Å². The number of rotatable bonds is 7. The van der Waals surface area contributed by atoms with Gasteiger partial charge >= 0.3 is 0 Å². The Hall–Kier alpha value is -0.580. The van der Waals surface area contributed by atoms with E-state index in [1.165, 1.54) is 18.4 Å². The molecular weight excluding hydrogens is 340 g/mol. The molecule has 20 heavy (non-hydrogen) atoms. The molecule has 1 unspecified atom stereocenters. The average molecular weight is 362 g/mol. The second-order valence-electron chi connectivity index (χ2n) is 5.38. The molecule has 1 amide bonds. The van der Waals surface area contributed by atoms with Crippen molar-refractivity contribution in [2.45, 2.75) is 32.2 Å². The SMILES string of the molecule is CC(Cc1cccc(Br)c1)NC(=O)CNCC1CC1.Cl. The van der Waals surface area contributed by atoms with Crippen molar-refractivity contribution < 1.29 is 4.79 Å². The Balaban J connectivity index is 0.00000200. The molecule has 1 aromatic rings. The lowest BCUT2D eigenvalue weighted by atomic mass is 10.1. The minimum atomic E-state index is 0. The minimum Gasteiger partial charge on any atom is -0.352 e. The molecule has 112 valence electrons. The number of amides is 1. The van der Waals surface area contributed by atoms with Crippen LogP contribution in [0.4, 0.5) is 0 Å². The Morgan fingerprint density at radius 3 is 2.85 bits per heavy atom. The highest BCUT2D eigenvalue weighted by Gasteiger charge is 2.20. The largest absolute Gasteiger partial charge is 0.352 e. The van der Waals surface area contributed by atoms with Gasteiger partial charge in [0.1, 0.15) is 0 Å². The highest BCUT2D eigenvalue weighted by Crippen LogP contribution is 2.27. The smallest absolute Gasteiger partial charge is 0.234 e. The van der Waals surface area contributed by atoms with Gasteiger partial charge in [-0.1, -0.05) is 28.1 Å². The molecule has 0 aromatic heterocycles. The van der Waals surface area contributed by atoms with Gasteiger partial charge in [-0.3, -0.25) is 4.79 Å². The van der Waals surface area contributed by atoms with Crippen LogP contribution < -0.4 is 10.6 Å². The van der Waals surface area contributed by atoms with Crippen LogP contribution in [0.5, 0.6) is 0 Å². The molecule has 1 aromatic carbocycles. The number of carbonyl (C=O) groups is 1. The fourth-order valence-corrected chi connectivity index (χ4v) is 2.55. The molecule has 1 aliphatic carbocycles. The quantitative estimate of drug-likeness (QED) is 0.784. The van der Waals surface area contributed by atoms with Crippen molar-refractivity contribution in [3.05, 3.63) is 34.3 Å². The molecule has 2 rings (SSSR count). The fourth-order valence-electron chi connectivity index (χ4n) is 2.11. The van der Waals surface area contributed by atoms with Gasteiger partial charge < -0.3 is 10.6 Å². The van der Waals surface area contributed by atoms with E-state index in [0.29, 0.717) is 6.54 Å². The molecule has 0 spiro atoms. The Morgan fingerprint density at radius 1 is 1.45 bits per heavy atom. The van der Waals surface area contributed by atoms with Crippen LogP contribution in [-0.4, -0.2) is 25.0 Å². The van der Waals surface area contributed by atoms with Crippen molar-refractivity contribution >= 4 is 34.2 Å². The van der Waals surface area contributed by atoms with Crippen LogP contribution in [0.2, 0.25) is 0 Å². The van der Waals surface area contributed by atoms with Gasteiger partial charge in [0.25, 0.3) is 0 Å². The lowest BCUT2D eigenvalue weighted by Crippen LogP contribution is -2.40. The van der Waals surface area contributed by atoms with Gasteiger partial charge in [-0.25, -0.2) is 0 Å². The first kappa shape index (κ1) is 17.5. The van der Waals surface area contributed by atoms with Gasteiger partial charge in [0, 0.05) is 10.5 Å². The van der Waals surface area contributed by atoms with Crippen LogP contribution in [-0.2, 0) is 11.2 Å². The van der Waals surface area contributed by atoms with Gasteiger partial charge in [0.2, 0.25) is 5.91 Å². The first-order valence-corrected chi connectivity index (χ1v) is 7.67. The lowest BCUT2D eigenvalue weighted by Gasteiger charge is -2.14. The molecule has 3 nitrogen and oxygen atoms in total. The molecule has 2 N–H and O–H groups in total. The summed E-state index contributed by atoms with van der Waals surface area (Å²) in [5.74, 6) is 0.898. The zero-order chi connectivity index (χ0) is 13.7. The van der Waals surface area contributed by atoms with E-state index in [1.807, 2.05) is 19.1 Å². The number of carbonyl (C=O) groups excluding carboxylic acids is 1. The molecule has 5 heteroatoms. The van der Waals surface area contributed by atoms with E-state index in [4.69, 9.17) is 0 Å². The van der Waals surface area contributed by atoms with Crippen LogP contribution in [0.3, 0.4) is 0 Å². The van der Waals surface area contributed by atoms with Crippen LogP contribution in [0, 0.1) is 5.92 Å². The molecule has 1 saturated carbocycles. The molecule has 1 fully saturated rings. The number of halogens is 2. The Labute approximate surface area is 135 Å². The van der Waals surface area contributed by atoms with Crippen molar-refractivity contribution in [3.8, 4) is 0 Å². The fraction of sp³-hybridized carbons (Fsp3) is 0.533. The first-order valence-electron chi connectivity index (χ1n) is 6.88. The predicted molar refractivity (Wildman–Crippen MR) is 88.3 cm³/mol. The zero-order valence-corrected chi connectivity index (χ0v) is 14.1. The second kappa shape index (κ2) is 8.65.